The van der Waals surface area contributed by atoms with E-state index in [1.165, 1.54) is 24.4 Å². The lowest BCUT2D eigenvalue weighted by Gasteiger charge is -2.09. The highest BCUT2D eigenvalue weighted by Crippen LogP contribution is 2.32. The van der Waals surface area contributed by atoms with E-state index in [9.17, 15) is 13.5 Å². The molecule has 0 unspecified atom stereocenters. The first kappa shape index (κ1) is 12.7. The first-order valence-electron chi connectivity index (χ1n) is 4.92. The van der Waals surface area contributed by atoms with E-state index < -0.39 is 10.0 Å². The maximum Gasteiger partial charge on any atom is 0.265 e. The van der Waals surface area contributed by atoms with Crippen molar-refractivity contribution in [3.63, 3.8) is 0 Å². The molecule has 96 valence electrons. The molecule has 2 rings (SSSR count). The molecule has 1 heterocycles. The largest absolute Gasteiger partial charge is 0.504 e. The van der Waals surface area contributed by atoms with E-state index in [-0.39, 0.29) is 21.4 Å². The van der Waals surface area contributed by atoms with E-state index in [0.717, 1.165) is 0 Å². The third-order valence-corrected chi connectivity index (χ3v) is 4.09. The maximum atomic E-state index is 12.0. The number of benzene rings is 1. The number of rotatable bonds is 3. The quantitative estimate of drug-likeness (QED) is 0.751. The highest BCUT2D eigenvalue weighted by molar-refractivity contribution is 7.92. The monoisotopic (exact) mass is 287 g/mol. The number of nitrogens with zero attached hydrogens (tertiary/aromatic N) is 1. The van der Waals surface area contributed by atoms with Gasteiger partial charge in [0.15, 0.2) is 5.75 Å². The number of para-hydroxylation sites is 1. The number of anilines is 1. The highest BCUT2D eigenvalue weighted by atomic mass is 35.5. The summed E-state index contributed by atoms with van der Waals surface area (Å²) in [5, 5.41) is 15.9. The van der Waals surface area contributed by atoms with Gasteiger partial charge >= 0.3 is 0 Å². The average molecular weight is 288 g/mol. The van der Waals surface area contributed by atoms with E-state index in [1.807, 2.05) is 0 Å². The lowest BCUT2D eigenvalue weighted by Crippen LogP contribution is -2.13. The lowest BCUT2D eigenvalue weighted by atomic mass is 10.3. The number of aryl methyl sites for hydroxylation is 1. The van der Waals surface area contributed by atoms with Crippen LogP contribution in [0.2, 0.25) is 5.02 Å². The number of aromatic nitrogens is 2. The molecule has 8 heteroatoms. The fraction of sp³-hybridized carbons (Fsp3) is 0.100. The zero-order valence-electron chi connectivity index (χ0n) is 9.31. The Morgan fingerprint density at radius 2 is 2.17 bits per heavy atom. The first-order valence-corrected chi connectivity index (χ1v) is 6.78. The molecular formula is C10H10ClN3O3S. The number of aromatic hydroxyl groups is 1. The number of H-pyrrole nitrogens is 1. The van der Waals surface area contributed by atoms with Crippen molar-refractivity contribution in [3.05, 3.63) is 35.1 Å². The Morgan fingerprint density at radius 1 is 1.44 bits per heavy atom. The predicted molar refractivity (Wildman–Crippen MR) is 67.3 cm³/mol. The highest BCUT2D eigenvalue weighted by Gasteiger charge is 2.20. The smallest absolute Gasteiger partial charge is 0.265 e. The van der Waals surface area contributed by atoms with Gasteiger partial charge in [0.25, 0.3) is 10.0 Å². The molecule has 0 saturated heterocycles. The summed E-state index contributed by atoms with van der Waals surface area (Å²) in [5.74, 6) is -0.316. The van der Waals surface area contributed by atoms with Crippen LogP contribution in [0.15, 0.2) is 29.3 Å². The summed E-state index contributed by atoms with van der Waals surface area (Å²) in [6.45, 7) is 1.58. The molecule has 0 spiro atoms. The number of phenols is 1. The Bertz CT molecular complexity index is 681. The van der Waals surface area contributed by atoms with Crippen LogP contribution < -0.4 is 4.72 Å². The summed E-state index contributed by atoms with van der Waals surface area (Å²) in [5.41, 5.74) is 0.423. The van der Waals surface area contributed by atoms with E-state index in [1.54, 1.807) is 6.92 Å². The van der Waals surface area contributed by atoms with E-state index in [0.29, 0.717) is 5.69 Å². The van der Waals surface area contributed by atoms with Gasteiger partial charge in [-0.25, -0.2) is 8.42 Å². The average Bonchev–Trinajstić information content (AvgIpc) is 2.72. The van der Waals surface area contributed by atoms with Gasteiger partial charge < -0.3 is 5.11 Å². The van der Waals surface area contributed by atoms with Crippen LogP contribution in [0.5, 0.6) is 5.75 Å². The number of aromatic amines is 1. The third kappa shape index (κ3) is 2.27. The van der Waals surface area contributed by atoms with Gasteiger partial charge in [0.2, 0.25) is 0 Å². The Kier molecular flexibility index (Phi) is 3.18. The number of nitrogens with one attached hydrogen (secondary N) is 2. The standard InChI is InChI=1S/C10H10ClN3O3S/c1-6-9(5-12-13-6)18(16,17)14-8-4-2-3-7(11)10(8)15/h2-5,14-15H,1H3,(H,12,13). The fourth-order valence-corrected chi connectivity index (χ4v) is 2.79. The third-order valence-electron chi connectivity index (χ3n) is 2.30. The summed E-state index contributed by atoms with van der Waals surface area (Å²) < 4.78 is 26.3. The molecule has 0 bridgehead atoms. The molecule has 0 radical (unpaired) electrons. The van der Waals surface area contributed by atoms with Crippen LogP contribution in [0.3, 0.4) is 0 Å². The van der Waals surface area contributed by atoms with Gasteiger partial charge in [-0.15, -0.1) is 0 Å². The lowest BCUT2D eigenvalue weighted by molar-refractivity contribution is 0.478. The summed E-state index contributed by atoms with van der Waals surface area (Å²) in [4.78, 5) is 0.0156. The van der Waals surface area contributed by atoms with Crippen molar-refractivity contribution < 1.29 is 13.5 Å². The zero-order valence-corrected chi connectivity index (χ0v) is 10.9. The van der Waals surface area contributed by atoms with Crippen molar-refractivity contribution in [2.75, 3.05) is 4.72 Å². The van der Waals surface area contributed by atoms with Gasteiger partial charge in [-0.1, -0.05) is 17.7 Å². The Balaban J connectivity index is 2.40. The summed E-state index contributed by atoms with van der Waals surface area (Å²) in [7, 11) is -3.80. The van der Waals surface area contributed by atoms with Gasteiger partial charge in [0.1, 0.15) is 4.90 Å². The van der Waals surface area contributed by atoms with E-state index >= 15 is 0 Å². The van der Waals surface area contributed by atoms with Gasteiger partial charge in [-0.2, -0.15) is 5.10 Å². The second-order valence-electron chi connectivity index (χ2n) is 3.60. The molecule has 0 aliphatic rings. The number of hydrogen-bond acceptors (Lipinski definition) is 4. The number of halogens is 1. The van der Waals surface area contributed by atoms with Crippen LogP contribution in [0.25, 0.3) is 0 Å². The molecule has 0 aliphatic heterocycles. The molecule has 0 saturated carbocycles. The summed E-state index contributed by atoms with van der Waals surface area (Å²) in [6.07, 6.45) is 1.19. The Hall–Kier alpha value is -1.73. The second kappa shape index (κ2) is 4.51. The second-order valence-corrected chi connectivity index (χ2v) is 5.66. The molecule has 1 aromatic heterocycles. The minimum atomic E-state index is -3.80. The predicted octanol–water partition coefficient (Wildman–Crippen LogP) is 1.88. The van der Waals surface area contributed by atoms with E-state index in [4.69, 9.17) is 11.6 Å². The van der Waals surface area contributed by atoms with Crippen LogP contribution in [0.4, 0.5) is 5.69 Å². The van der Waals surface area contributed by atoms with E-state index in [2.05, 4.69) is 14.9 Å². The molecule has 1 aromatic carbocycles. The number of phenolic OH excluding ortho intramolecular Hbond substituents is 1. The molecule has 0 atom stereocenters. The van der Waals surface area contributed by atoms with Gasteiger partial charge in [0.05, 0.1) is 22.6 Å². The maximum absolute atomic E-state index is 12.0. The molecule has 18 heavy (non-hydrogen) atoms. The zero-order chi connectivity index (χ0) is 13.3. The van der Waals surface area contributed by atoms with Gasteiger partial charge in [-0.3, -0.25) is 9.82 Å². The van der Waals surface area contributed by atoms with Crippen LogP contribution in [0, 0.1) is 6.92 Å². The van der Waals surface area contributed by atoms with Crippen molar-refractivity contribution in [2.24, 2.45) is 0 Å². The molecule has 3 N–H and O–H groups in total. The summed E-state index contributed by atoms with van der Waals surface area (Å²) in [6, 6.07) is 4.40. The number of sulfonamides is 1. The molecule has 0 amide bonds. The van der Waals surface area contributed by atoms with Crippen molar-refractivity contribution in [2.45, 2.75) is 11.8 Å². The van der Waals surface area contributed by atoms with Crippen molar-refractivity contribution in [3.8, 4) is 5.75 Å². The first-order chi connectivity index (χ1) is 8.42. The molecule has 6 nitrogen and oxygen atoms in total. The molecule has 2 aromatic rings. The van der Waals surface area contributed by atoms with Crippen molar-refractivity contribution >= 4 is 27.3 Å². The minimum absolute atomic E-state index is 0.0156. The van der Waals surface area contributed by atoms with Gasteiger partial charge in [-0.05, 0) is 19.1 Å². The number of hydrogen-bond donors (Lipinski definition) is 3. The van der Waals surface area contributed by atoms with Crippen molar-refractivity contribution in [1.29, 1.82) is 0 Å². The molecule has 0 aliphatic carbocycles. The molecular weight excluding hydrogens is 278 g/mol. The Labute approximate surface area is 109 Å². The topological polar surface area (TPSA) is 95.1 Å². The van der Waals surface area contributed by atoms with Crippen LogP contribution in [-0.2, 0) is 10.0 Å². The normalized spacial score (nSPS) is 11.4. The summed E-state index contributed by atoms with van der Waals surface area (Å²) >= 11 is 5.70. The van der Waals surface area contributed by atoms with Crippen LogP contribution in [-0.4, -0.2) is 23.7 Å². The SMILES string of the molecule is Cc1[nH]ncc1S(=O)(=O)Nc1cccc(Cl)c1O. The fourth-order valence-electron chi connectivity index (χ4n) is 1.41. The van der Waals surface area contributed by atoms with Crippen LogP contribution >= 0.6 is 11.6 Å². The van der Waals surface area contributed by atoms with Gasteiger partial charge in [0, 0.05) is 0 Å². The molecule has 0 fully saturated rings. The Morgan fingerprint density at radius 3 is 2.78 bits per heavy atom. The van der Waals surface area contributed by atoms with Crippen LogP contribution in [0.1, 0.15) is 5.69 Å². The van der Waals surface area contributed by atoms with Crippen molar-refractivity contribution in [1.82, 2.24) is 10.2 Å². The minimum Gasteiger partial charge on any atom is -0.504 e.